The Balaban J connectivity index is 1.72. The summed E-state index contributed by atoms with van der Waals surface area (Å²) in [5.74, 6) is 1.01. The van der Waals surface area contributed by atoms with Gasteiger partial charge in [0.1, 0.15) is 11.5 Å². The minimum Gasteiger partial charge on any atom is -0.497 e. The summed E-state index contributed by atoms with van der Waals surface area (Å²) in [4.78, 5) is 29.3. The average Bonchev–Trinajstić information content (AvgIpc) is 2.98. The number of ether oxygens (including phenoxy) is 2. The molecule has 144 valence electrons. The van der Waals surface area contributed by atoms with Crippen molar-refractivity contribution in [3.05, 3.63) is 47.8 Å². The van der Waals surface area contributed by atoms with Gasteiger partial charge < -0.3 is 23.8 Å². The molecule has 0 N–H and O–H groups in total. The number of rotatable bonds is 4. The Morgan fingerprint density at radius 2 is 1.63 bits per heavy atom. The first kappa shape index (κ1) is 18.8. The molecule has 3 rings (SSSR count). The Labute approximate surface area is 159 Å². The molecular formula is C20H25N3O4. The fourth-order valence-electron chi connectivity index (χ4n) is 3.29. The van der Waals surface area contributed by atoms with Crippen molar-refractivity contribution in [2.75, 3.05) is 40.4 Å². The maximum absolute atomic E-state index is 13.0. The number of carbonyl (C=O) groups is 2. The van der Waals surface area contributed by atoms with Crippen LogP contribution in [0.1, 0.15) is 27.1 Å². The minimum atomic E-state index is -0.111. The second-order valence-electron chi connectivity index (χ2n) is 6.57. The number of hydrogen-bond donors (Lipinski definition) is 0. The standard InChI is InChI=1S/C20H25N3O4/c1-21-10-7-15(14-21)19(24)22-8-4-9-23(12-11-22)20(25)17-13-16(26-2)5-6-18(17)27-3/h5-7,10,13-14H,4,8-9,11-12H2,1-3H3. The van der Waals surface area contributed by atoms with E-state index in [0.29, 0.717) is 48.8 Å². The highest BCUT2D eigenvalue weighted by Crippen LogP contribution is 2.25. The molecule has 1 aromatic heterocycles. The van der Waals surface area contributed by atoms with Crippen LogP contribution < -0.4 is 9.47 Å². The summed E-state index contributed by atoms with van der Waals surface area (Å²) >= 11 is 0. The number of amides is 2. The normalized spacial score (nSPS) is 14.6. The molecule has 1 aromatic carbocycles. The maximum atomic E-state index is 13.0. The molecule has 1 saturated heterocycles. The SMILES string of the molecule is COc1ccc(OC)c(C(=O)N2CCCN(C(=O)c3ccn(C)c3)CC2)c1. The van der Waals surface area contributed by atoms with Gasteiger partial charge in [-0.05, 0) is 30.7 Å². The van der Waals surface area contributed by atoms with Crippen molar-refractivity contribution in [3.8, 4) is 11.5 Å². The summed E-state index contributed by atoms with van der Waals surface area (Å²) in [6.45, 7) is 2.22. The number of methoxy groups -OCH3 is 2. The van der Waals surface area contributed by atoms with Crippen LogP contribution in [0.15, 0.2) is 36.7 Å². The third kappa shape index (κ3) is 4.07. The third-order valence-corrected chi connectivity index (χ3v) is 4.79. The molecule has 27 heavy (non-hydrogen) atoms. The van der Waals surface area contributed by atoms with E-state index in [9.17, 15) is 9.59 Å². The molecule has 0 bridgehead atoms. The molecule has 2 aromatic rings. The van der Waals surface area contributed by atoms with Crippen LogP contribution in [0.25, 0.3) is 0 Å². The molecule has 0 atom stereocenters. The second kappa shape index (κ2) is 8.16. The van der Waals surface area contributed by atoms with Gasteiger partial charge in [-0.15, -0.1) is 0 Å². The van der Waals surface area contributed by atoms with Crippen LogP contribution >= 0.6 is 0 Å². The summed E-state index contributed by atoms with van der Waals surface area (Å²) in [6, 6.07) is 7.00. The Bertz CT molecular complexity index is 830. The Morgan fingerprint density at radius 3 is 2.22 bits per heavy atom. The van der Waals surface area contributed by atoms with Gasteiger partial charge in [0.25, 0.3) is 11.8 Å². The Hall–Kier alpha value is -2.96. The molecule has 2 amide bonds. The van der Waals surface area contributed by atoms with Gasteiger partial charge in [0.2, 0.25) is 0 Å². The van der Waals surface area contributed by atoms with E-state index >= 15 is 0 Å². The van der Waals surface area contributed by atoms with E-state index in [2.05, 4.69) is 0 Å². The molecule has 0 radical (unpaired) electrons. The summed E-state index contributed by atoms with van der Waals surface area (Å²) in [5.41, 5.74) is 1.14. The zero-order valence-corrected chi connectivity index (χ0v) is 16.0. The van der Waals surface area contributed by atoms with Crippen molar-refractivity contribution < 1.29 is 19.1 Å². The van der Waals surface area contributed by atoms with Crippen molar-refractivity contribution in [2.45, 2.75) is 6.42 Å². The van der Waals surface area contributed by atoms with Crippen LogP contribution in [0.4, 0.5) is 0 Å². The topological polar surface area (TPSA) is 64.0 Å². The molecule has 7 heteroatoms. The van der Waals surface area contributed by atoms with Gasteiger partial charge in [-0.1, -0.05) is 0 Å². The van der Waals surface area contributed by atoms with E-state index in [0.717, 1.165) is 6.42 Å². The molecule has 0 aliphatic carbocycles. The molecule has 0 spiro atoms. The van der Waals surface area contributed by atoms with Crippen molar-refractivity contribution in [1.29, 1.82) is 0 Å². The van der Waals surface area contributed by atoms with Gasteiger partial charge in [0.05, 0.1) is 25.3 Å². The van der Waals surface area contributed by atoms with Crippen LogP contribution in [-0.2, 0) is 7.05 Å². The van der Waals surface area contributed by atoms with Crippen molar-refractivity contribution in [3.63, 3.8) is 0 Å². The fraction of sp³-hybridized carbons (Fsp3) is 0.400. The maximum Gasteiger partial charge on any atom is 0.257 e. The number of nitrogens with zero attached hydrogens (tertiary/aromatic N) is 3. The number of aromatic nitrogens is 1. The zero-order valence-electron chi connectivity index (χ0n) is 16.0. The fourth-order valence-corrected chi connectivity index (χ4v) is 3.29. The summed E-state index contributed by atoms with van der Waals surface area (Å²) in [7, 11) is 5.00. The van der Waals surface area contributed by atoms with E-state index in [-0.39, 0.29) is 11.8 Å². The van der Waals surface area contributed by atoms with Gasteiger partial charge in [0, 0.05) is 45.6 Å². The van der Waals surface area contributed by atoms with Crippen LogP contribution in [0.5, 0.6) is 11.5 Å². The Kier molecular flexibility index (Phi) is 5.69. The first-order valence-electron chi connectivity index (χ1n) is 8.96. The van der Waals surface area contributed by atoms with Gasteiger partial charge in [-0.2, -0.15) is 0 Å². The monoisotopic (exact) mass is 371 g/mol. The molecule has 7 nitrogen and oxygen atoms in total. The van der Waals surface area contributed by atoms with Gasteiger partial charge in [0.15, 0.2) is 0 Å². The molecule has 1 aliphatic heterocycles. The number of benzene rings is 1. The molecule has 1 fully saturated rings. The average molecular weight is 371 g/mol. The van der Waals surface area contributed by atoms with Crippen molar-refractivity contribution in [2.24, 2.45) is 7.05 Å². The quantitative estimate of drug-likeness (QED) is 0.825. The number of carbonyl (C=O) groups excluding carboxylic acids is 2. The van der Waals surface area contributed by atoms with E-state index in [1.54, 1.807) is 37.3 Å². The highest BCUT2D eigenvalue weighted by atomic mass is 16.5. The van der Waals surface area contributed by atoms with E-state index in [4.69, 9.17) is 9.47 Å². The van der Waals surface area contributed by atoms with Gasteiger partial charge in [-0.3, -0.25) is 9.59 Å². The van der Waals surface area contributed by atoms with E-state index in [1.165, 1.54) is 0 Å². The predicted octanol–water partition coefficient (Wildman–Crippen LogP) is 2.03. The van der Waals surface area contributed by atoms with Crippen LogP contribution in [0.3, 0.4) is 0 Å². The van der Waals surface area contributed by atoms with Crippen LogP contribution in [-0.4, -0.2) is 66.6 Å². The summed E-state index contributed by atoms with van der Waals surface area (Å²) in [6.07, 6.45) is 4.41. The molecular weight excluding hydrogens is 346 g/mol. The molecule has 0 saturated carbocycles. The minimum absolute atomic E-state index is 0.00357. The molecule has 2 heterocycles. The first-order valence-corrected chi connectivity index (χ1v) is 8.96. The largest absolute Gasteiger partial charge is 0.497 e. The van der Waals surface area contributed by atoms with Crippen LogP contribution in [0, 0.1) is 0 Å². The lowest BCUT2D eigenvalue weighted by Crippen LogP contribution is -2.37. The van der Waals surface area contributed by atoms with Gasteiger partial charge >= 0.3 is 0 Å². The molecule has 0 unspecified atom stereocenters. The lowest BCUT2D eigenvalue weighted by atomic mass is 10.1. The highest BCUT2D eigenvalue weighted by molar-refractivity contribution is 5.97. The lowest BCUT2D eigenvalue weighted by molar-refractivity contribution is 0.0716. The third-order valence-electron chi connectivity index (χ3n) is 4.79. The predicted molar refractivity (Wildman–Crippen MR) is 101 cm³/mol. The lowest BCUT2D eigenvalue weighted by Gasteiger charge is -2.23. The van der Waals surface area contributed by atoms with Crippen molar-refractivity contribution >= 4 is 11.8 Å². The Morgan fingerprint density at radius 1 is 0.926 bits per heavy atom. The second-order valence-corrected chi connectivity index (χ2v) is 6.57. The van der Waals surface area contributed by atoms with E-state index < -0.39 is 0 Å². The summed E-state index contributed by atoms with van der Waals surface area (Å²) in [5, 5.41) is 0. The zero-order chi connectivity index (χ0) is 19.4. The summed E-state index contributed by atoms with van der Waals surface area (Å²) < 4.78 is 12.4. The van der Waals surface area contributed by atoms with Gasteiger partial charge in [-0.25, -0.2) is 0 Å². The van der Waals surface area contributed by atoms with Crippen LogP contribution in [0.2, 0.25) is 0 Å². The smallest absolute Gasteiger partial charge is 0.257 e. The van der Waals surface area contributed by atoms with Crippen molar-refractivity contribution in [1.82, 2.24) is 14.4 Å². The van der Waals surface area contributed by atoms with E-state index in [1.807, 2.05) is 35.0 Å². The highest BCUT2D eigenvalue weighted by Gasteiger charge is 2.25. The molecule has 1 aliphatic rings. The number of hydrogen-bond acceptors (Lipinski definition) is 4. The number of aryl methyl sites for hydroxylation is 1. The first-order chi connectivity index (χ1) is 13.0.